The summed E-state index contributed by atoms with van der Waals surface area (Å²) in [4.78, 5) is 15.6. The Balaban J connectivity index is 2.31. The molecule has 0 radical (unpaired) electrons. The molecule has 0 N–H and O–H groups in total. The predicted octanol–water partition coefficient (Wildman–Crippen LogP) is 4.18. The minimum Gasteiger partial charge on any atom is -0.341 e. The van der Waals surface area contributed by atoms with Gasteiger partial charge >= 0.3 is 0 Å². The Morgan fingerprint density at radius 1 is 1.05 bits per heavy atom. The number of rotatable bonds is 5. The standard InChI is InChI=1S/C13H14Cl2N4S/c1-3-19(4-2)12-16-11(15)17-13(18-12)20-10-8-6-5-7-9(10)14/h5-8H,3-4H2,1-2H3. The number of hydrogen-bond donors (Lipinski definition) is 0. The molecule has 0 aliphatic carbocycles. The number of halogens is 2. The number of nitrogens with zero attached hydrogens (tertiary/aromatic N) is 4. The maximum atomic E-state index is 6.14. The van der Waals surface area contributed by atoms with E-state index in [2.05, 4.69) is 15.0 Å². The molecule has 0 amide bonds. The van der Waals surface area contributed by atoms with Crippen LogP contribution in [0.4, 0.5) is 5.95 Å². The lowest BCUT2D eigenvalue weighted by Gasteiger charge is -2.18. The SMILES string of the molecule is CCN(CC)c1nc(Cl)nc(Sc2ccccc2Cl)n1. The number of benzene rings is 1. The van der Waals surface area contributed by atoms with Crippen molar-refractivity contribution in [1.29, 1.82) is 0 Å². The van der Waals surface area contributed by atoms with E-state index in [1.807, 2.05) is 43.0 Å². The molecule has 0 aliphatic heterocycles. The van der Waals surface area contributed by atoms with Gasteiger partial charge in [-0.3, -0.25) is 0 Å². The first-order chi connectivity index (χ1) is 9.63. The maximum absolute atomic E-state index is 6.14. The van der Waals surface area contributed by atoms with Crippen molar-refractivity contribution in [3.05, 3.63) is 34.6 Å². The highest BCUT2D eigenvalue weighted by atomic mass is 35.5. The van der Waals surface area contributed by atoms with Crippen molar-refractivity contribution in [1.82, 2.24) is 15.0 Å². The first-order valence-electron chi connectivity index (χ1n) is 6.23. The van der Waals surface area contributed by atoms with Crippen LogP contribution in [0.25, 0.3) is 0 Å². The third kappa shape index (κ3) is 3.75. The van der Waals surface area contributed by atoms with Gasteiger partial charge in [0.1, 0.15) is 0 Å². The third-order valence-electron chi connectivity index (χ3n) is 2.66. The predicted molar refractivity (Wildman–Crippen MR) is 84.0 cm³/mol. The van der Waals surface area contributed by atoms with E-state index in [1.165, 1.54) is 11.8 Å². The van der Waals surface area contributed by atoms with Gasteiger partial charge in [0.25, 0.3) is 0 Å². The summed E-state index contributed by atoms with van der Waals surface area (Å²) in [6, 6.07) is 7.55. The summed E-state index contributed by atoms with van der Waals surface area (Å²) >= 11 is 13.5. The molecule has 106 valence electrons. The van der Waals surface area contributed by atoms with Crippen LogP contribution in [0.2, 0.25) is 10.3 Å². The molecule has 0 bridgehead atoms. The van der Waals surface area contributed by atoms with Crippen LogP contribution in [-0.4, -0.2) is 28.0 Å². The maximum Gasteiger partial charge on any atom is 0.230 e. The molecule has 0 saturated carbocycles. The van der Waals surface area contributed by atoms with Crippen LogP contribution in [0.3, 0.4) is 0 Å². The van der Waals surface area contributed by atoms with Gasteiger partial charge in [-0.05, 0) is 49.3 Å². The quantitative estimate of drug-likeness (QED) is 0.823. The van der Waals surface area contributed by atoms with Gasteiger partial charge in [0.2, 0.25) is 11.2 Å². The van der Waals surface area contributed by atoms with Gasteiger partial charge in [0, 0.05) is 18.0 Å². The molecular formula is C13H14Cl2N4S. The molecule has 7 heteroatoms. The summed E-state index contributed by atoms with van der Waals surface area (Å²) in [5, 5.41) is 1.40. The molecule has 0 unspecified atom stereocenters. The smallest absolute Gasteiger partial charge is 0.230 e. The van der Waals surface area contributed by atoms with Crippen LogP contribution in [0, 0.1) is 0 Å². The van der Waals surface area contributed by atoms with Crippen molar-refractivity contribution in [3.63, 3.8) is 0 Å². The van der Waals surface area contributed by atoms with Gasteiger partial charge in [-0.15, -0.1) is 0 Å². The van der Waals surface area contributed by atoms with E-state index >= 15 is 0 Å². The lowest BCUT2D eigenvalue weighted by molar-refractivity contribution is 0.782. The molecule has 2 rings (SSSR count). The average Bonchev–Trinajstić information content (AvgIpc) is 2.42. The Morgan fingerprint density at radius 3 is 2.40 bits per heavy atom. The molecule has 20 heavy (non-hydrogen) atoms. The van der Waals surface area contributed by atoms with E-state index < -0.39 is 0 Å². The number of hydrogen-bond acceptors (Lipinski definition) is 5. The largest absolute Gasteiger partial charge is 0.341 e. The lowest BCUT2D eigenvalue weighted by Crippen LogP contribution is -2.24. The van der Waals surface area contributed by atoms with E-state index in [9.17, 15) is 0 Å². The van der Waals surface area contributed by atoms with Crippen molar-refractivity contribution >= 4 is 40.9 Å². The minimum absolute atomic E-state index is 0.191. The van der Waals surface area contributed by atoms with Gasteiger partial charge in [0.15, 0.2) is 5.16 Å². The van der Waals surface area contributed by atoms with Crippen molar-refractivity contribution in [2.75, 3.05) is 18.0 Å². The minimum atomic E-state index is 0.191. The van der Waals surface area contributed by atoms with Gasteiger partial charge in [0.05, 0.1) is 5.02 Å². The fourth-order valence-electron chi connectivity index (χ4n) is 1.64. The second-order valence-corrected chi connectivity index (χ2v) is 5.65. The highest BCUT2D eigenvalue weighted by Crippen LogP contribution is 2.31. The Kier molecular flexibility index (Phi) is 5.46. The Labute approximate surface area is 132 Å². The third-order valence-corrected chi connectivity index (χ3v) is 4.21. The lowest BCUT2D eigenvalue weighted by atomic mass is 10.4. The first kappa shape index (κ1) is 15.4. The number of aromatic nitrogens is 3. The van der Waals surface area contributed by atoms with Crippen LogP contribution in [-0.2, 0) is 0 Å². The Morgan fingerprint density at radius 2 is 1.75 bits per heavy atom. The van der Waals surface area contributed by atoms with Crippen LogP contribution in [0.5, 0.6) is 0 Å². The van der Waals surface area contributed by atoms with E-state index in [1.54, 1.807) is 0 Å². The molecular weight excluding hydrogens is 315 g/mol. The summed E-state index contributed by atoms with van der Waals surface area (Å²) < 4.78 is 0. The van der Waals surface area contributed by atoms with Crippen molar-refractivity contribution in [2.45, 2.75) is 23.9 Å². The van der Waals surface area contributed by atoms with E-state index in [0.29, 0.717) is 16.1 Å². The molecule has 0 saturated heterocycles. The molecule has 1 aromatic carbocycles. The highest BCUT2D eigenvalue weighted by Gasteiger charge is 2.12. The Bertz CT molecular complexity index is 590. The first-order valence-corrected chi connectivity index (χ1v) is 7.80. The summed E-state index contributed by atoms with van der Waals surface area (Å²) in [5.74, 6) is 0.588. The summed E-state index contributed by atoms with van der Waals surface area (Å²) in [6.07, 6.45) is 0. The van der Waals surface area contributed by atoms with Crippen LogP contribution in [0.15, 0.2) is 34.3 Å². The fourth-order valence-corrected chi connectivity index (χ4v) is 2.87. The average molecular weight is 329 g/mol. The van der Waals surface area contributed by atoms with Crippen LogP contribution < -0.4 is 4.90 Å². The highest BCUT2D eigenvalue weighted by molar-refractivity contribution is 7.99. The number of anilines is 1. The van der Waals surface area contributed by atoms with Crippen molar-refractivity contribution in [2.24, 2.45) is 0 Å². The van der Waals surface area contributed by atoms with E-state index in [4.69, 9.17) is 23.2 Å². The second-order valence-electron chi connectivity index (χ2n) is 3.89. The topological polar surface area (TPSA) is 41.9 Å². The second kappa shape index (κ2) is 7.11. The Hall–Kier alpha value is -1.04. The van der Waals surface area contributed by atoms with Crippen molar-refractivity contribution in [3.8, 4) is 0 Å². The summed E-state index contributed by atoms with van der Waals surface area (Å²) in [5.41, 5.74) is 0. The zero-order valence-electron chi connectivity index (χ0n) is 11.2. The molecule has 0 aliphatic rings. The van der Waals surface area contributed by atoms with Gasteiger partial charge in [-0.2, -0.15) is 15.0 Å². The summed E-state index contributed by atoms with van der Waals surface area (Å²) in [7, 11) is 0. The molecule has 4 nitrogen and oxygen atoms in total. The van der Waals surface area contributed by atoms with Gasteiger partial charge in [-0.25, -0.2) is 0 Å². The monoisotopic (exact) mass is 328 g/mol. The molecule has 1 aromatic heterocycles. The summed E-state index contributed by atoms with van der Waals surface area (Å²) in [6.45, 7) is 5.71. The molecule has 0 atom stereocenters. The molecule has 1 heterocycles. The fraction of sp³-hybridized carbons (Fsp3) is 0.308. The van der Waals surface area contributed by atoms with Crippen molar-refractivity contribution < 1.29 is 0 Å². The van der Waals surface area contributed by atoms with Crippen LogP contribution >= 0.6 is 35.0 Å². The van der Waals surface area contributed by atoms with Gasteiger partial charge < -0.3 is 4.90 Å². The van der Waals surface area contributed by atoms with Gasteiger partial charge in [-0.1, -0.05) is 23.7 Å². The zero-order chi connectivity index (χ0) is 14.5. The molecule has 0 fully saturated rings. The molecule has 0 spiro atoms. The van der Waals surface area contributed by atoms with Crippen LogP contribution in [0.1, 0.15) is 13.8 Å². The van der Waals surface area contributed by atoms with E-state index in [-0.39, 0.29) is 5.28 Å². The van der Waals surface area contributed by atoms with E-state index in [0.717, 1.165) is 18.0 Å². The zero-order valence-corrected chi connectivity index (χ0v) is 13.5. The normalized spacial score (nSPS) is 10.6. The molecule has 2 aromatic rings.